The molecule has 194 valence electrons. The van der Waals surface area contributed by atoms with E-state index in [1.54, 1.807) is 26.2 Å². The molecule has 9 nitrogen and oxygen atoms in total. The number of fused-ring (bicyclic) bond motifs is 1. The molecule has 3 aromatic heterocycles. The number of halogens is 3. The van der Waals surface area contributed by atoms with Gasteiger partial charge in [0.25, 0.3) is 0 Å². The molecular formula is C25H27F3N8O. The van der Waals surface area contributed by atoms with Crippen molar-refractivity contribution in [2.75, 3.05) is 36.0 Å². The van der Waals surface area contributed by atoms with Crippen LogP contribution in [0.4, 0.5) is 24.7 Å². The molecule has 0 aromatic carbocycles. The Morgan fingerprint density at radius 1 is 1.14 bits per heavy atom. The molecule has 37 heavy (non-hydrogen) atoms. The second-order valence-electron chi connectivity index (χ2n) is 9.24. The lowest BCUT2D eigenvalue weighted by Gasteiger charge is -2.36. The summed E-state index contributed by atoms with van der Waals surface area (Å²) < 4.78 is 46.1. The van der Waals surface area contributed by atoms with Crippen LogP contribution < -0.4 is 15.3 Å². The minimum Gasteiger partial charge on any atom is -0.370 e. The van der Waals surface area contributed by atoms with Crippen molar-refractivity contribution in [3.8, 4) is 0 Å². The third kappa shape index (κ3) is 4.80. The lowest BCUT2D eigenvalue weighted by Crippen LogP contribution is -2.42. The van der Waals surface area contributed by atoms with Crippen LogP contribution in [0.25, 0.3) is 0 Å². The average molecular weight is 513 g/mol. The number of hydrogen-bond acceptors (Lipinski definition) is 8. The Balaban J connectivity index is 1.42. The number of hydrogen-bond donors (Lipinski definition) is 2. The van der Waals surface area contributed by atoms with E-state index < -0.39 is 17.5 Å². The van der Waals surface area contributed by atoms with E-state index in [4.69, 9.17) is 20.5 Å². The number of nitrogens with one attached hydrogen (secondary N) is 2. The van der Waals surface area contributed by atoms with Crippen molar-refractivity contribution in [2.45, 2.75) is 39.1 Å². The van der Waals surface area contributed by atoms with Gasteiger partial charge in [0.1, 0.15) is 6.10 Å². The van der Waals surface area contributed by atoms with Crippen LogP contribution in [0.5, 0.6) is 0 Å². The quantitative estimate of drug-likeness (QED) is 0.412. The van der Waals surface area contributed by atoms with Crippen LogP contribution in [0.1, 0.15) is 34.1 Å². The molecule has 1 saturated heterocycles. The normalized spacial score (nSPS) is 18.0. The fourth-order valence-electron chi connectivity index (χ4n) is 4.73. The number of aromatic nitrogens is 4. The van der Waals surface area contributed by atoms with E-state index in [9.17, 15) is 13.2 Å². The average Bonchev–Trinajstić information content (AvgIpc) is 2.91. The van der Waals surface area contributed by atoms with Crippen molar-refractivity contribution >= 4 is 17.3 Å². The van der Waals surface area contributed by atoms with Crippen LogP contribution in [0, 0.1) is 24.7 Å². The topological polar surface area (TPSA) is 107 Å². The maximum Gasteiger partial charge on any atom is 0.451 e. The number of nitrogens with zero attached hydrogens (tertiary/aromatic N) is 6. The van der Waals surface area contributed by atoms with Gasteiger partial charge in [-0.25, -0.2) is 0 Å². The van der Waals surface area contributed by atoms with E-state index in [-0.39, 0.29) is 6.10 Å². The largest absolute Gasteiger partial charge is 0.451 e. The second-order valence-corrected chi connectivity index (χ2v) is 9.24. The monoisotopic (exact) mass is 512 g/mol. The van der Waals surface area contributed by atoms with E-state index in [2.05, 4.69) is 21.0 Å². The molecule has 0 bridgehead atoms. The first-order valence-corrected chi connectivity index (χ1v) is 11.9. The van der Waals surface area contributed by atoms with E-state index in [0.717, 1.165) is 22.5 Å². The summed E-state index contributed by atoms with van der Waals surface area (Å²) in [5.41, 5.74) is 4.41. The zero-order valence-electron chi connectivity index (χ0n) is 20.5. The molecule has 2 aliphatic rings. The van der Waals surface area contributed by atoms with Gasteiger partial charge in [-0.1, -0.05) is 6.07 Å². The third-order valence-electron chi connectivity index (χ3n) is 6.95. The van der Waals surface area contributed by atoms with Gasteiger partial charge in [-0.3, -0.25) is 20.8 Å². The van der Waals surface area contributed by atoms with Gasteiger partial charge < -0.3 is 14.5 Å². The maximum absolute atomic E-state index is 13.3. The Morgan fingerprint density at radius 3 is 2.68 bits per heavy atom. The molecule has 0 aliphatic carbocycles. The molecular weight excluding hydrogens is 485 g/mol. The van der Waals surface area contributed by atoms with Gasteiger partial charge in [0, 0.05) is 61.8 Å². The van der Waals surface area contributed by atoms with E-state index >= 15 is 0 Å². The summed E-state index contributed by atoms with van der Waals surface area (Å²) in [7, 11) is 0. The smallest absolute Gasteiger partial charge is 0.370 e. The lowest BCUT2D eigenvalue weighted by molar-refractivity contribution is -0.0632. The van der Waals surface area contributed by atoms with Crippen LogP contribution in [-0.2, 0) is 17.7 Å². The van der Waals surface area contributed by atoms with E-state index in [1.165, 1.54) is 0 Å². The second kappa shape index (κ2) is 9.58. The van der Waals surface area contributed by atoms with Crippen molar-refractivity contribution in [3.05, 3.63) is 70.2 Å². The number of alkyl halides is 3. The summed E-state index contributed by atoms with van der Waals surface area (Å²) in [5.74, 6) is -1.35. The van der Waals surface area contributed by atoms with Crippen LogP contribution in [0.2, 0.25) is 0 Å². The molecule has 2 aliphatic heterocycles. The zero-order valence-corrected chi connectivity index (χ0v) is 20.5. The summed E-state index contributed by atoms with van der Waals surface area (Å²) in [5, 5.41) is 19.8. The third-order valence-corrected chi connectivity index (χ3v) is 6.95. The summed E-state index contributed by atoms with van der Waals surface area (Å²) in [6, 6.07) is 5.96. The van der Waals surface area contributed by atoms with Crippen molar-refractivity contribution in [1.29, 1.82) is 10.8 Å². The first-order valence-electron chi connectivity index (χ1n) is 11.9. The number of anilines is 2. The van der Waals surface area contributed by atoms with Gasteiger partial charge in [-0.05, 0) is 37.1 Å². The fraction of sp³-hybridized carbons (Fsp3) is 0.400. The molecule has 0 radical (unpaired) electrons. The SMILES string of the molecule is Cc1c(N2CCc3ncc(N4CCOC(c5cccnc5)C4)cc3C2)nn(C(=N)C(F)(F)F)c(=N)c1C. The molecule has 12 heteroatoms. The van der Waals surface area contributed by atoms with Crippen molar-refractivity contribution in [1.82, 2.24) is 19.7 Å². The van der Waals surface area contributed by atoms with Gasteiger partial charge in [0.05, 0.1) is 18.5 Å². The van der Waals surface area contributed by atoms with Crippen molar-refractivity contribution in [3.63, 3.8) is 0 Å². The highest BCUT2D eigenvalue weighted by molar-refractivity contribution is 5.86. The van der Waals surface area contributed by atoms with Crippen LogP contribution in [0.15, 0.2) is 36.8 Å². The highest BCUT2D eigenvalue weighted by Gasteiger charge is 2.38. The Hall–Kier alpha value is -3.80. The number of rotatable bonds is 3. The summed E-state index contributed by atoms with van der Waals surface area (Å²) in [4.78, 5) is 13.0. The molecule has 5 heterocycles. The first-order chi connectivity index (χ1) is 17.6. The predicted octanol–water partition coefficient (Wildman–Crippen LogP) is 3.30. The molecule has 5 rings (SSSR count). The van der Waals surface area contributed by atoms with E-state index in [0.29, 0.717) is 60.8 Å². The lowest BCUT2D eigenvalue weighted by atomic mass is 10.0. The highest BCUT2D eigenvalue weighted by atomic mass is 19.4. The molecule has 3 aromatic rings. The minimum absolute atomic E-state index is 0.104. The van der Waals surface area contributed by atoms with Crippen LogP contribution in [-0.4, -0.2) is 58.0 Å². The van der Waals surface area contributed by atoms with E-state index in [1.807, 2.05) is 23.2 Å². The first kappa shape index (κ1) is 24.9. The van der Waals surface area contributed by atoms with Crippen molar-refractivity contribution < 1.29 is 17.9 Å². The Labute approximate surface area is 211 Å². The molecule has 0 amide bonds. The Bertz CT molecular complexity index is 1390. The number of ether oxygens (including phenoxy) is 1. The molecule has 1 unspecified atom stereocenters. The maximum atomic E-state index is 13.3. The fourth-order valence-corrected chi connectivity index (χ4v) is 4.73. The Kier molecular flexibility index (Phi) is 6.44. The summed E-state index contributed by atoms with van der Waals surface area (Å²) >= 11 is 0. The van der Waals surface area contributed by atoms with Gasteiger partial charge in [-0.2, -0.15) is 17.9 Å². The van der Waals surface area contributed by atoms with Crippen LogP contribution in [0.3, 0.4) is 0 Å². The van der Waals surface area contributed by atoms with Gasteiger partial charge in [-0.15, -0.1) is 5.10 Å². The molecule has 0 spiro atoms. The predicted molar refractivity (Wildman–Crippen MR) is 131 cm³/mol. The summed E-state index contributed by atoms with van der Waals surface area (Å²) in [6.45, 7) is 6.19. The Morgan fingerprint density at radius 2 is 1.95 bits per heavy atom. The number of pyridine rings is 2. The van der Waals surface area contributed by atoms with Gasteiger partial charge >= 0.3 is 6.18 Å². The standard InChI is InChI=1S/C25H27F3N8O/c1-15-16(2)23(33-36(22(15)29)24(30)25(26,27)28)35-7-5-20-18(13-35)10-19(12-32-20)34-8-9-37-21(14-34)17-4-3-6-31-11-17/h3-4,6,10-12,21,29-30H,5,7-9,13-14H2,1-2H3. The molecule has 1 atom stereocenters. The van der Waals surface area contributed by atoms with Crippen molar-refractivity contribution in [2.24, 2.45) is 0 Å². The summed E-state index contributed by atoms with van der Waals surface area (Å²) in [6.07, 6.45) is 0.990. The highest BCUT2D eigenvalue weighted by Crippen LogP contribution is 2.30. The molecule has 0 saturated carbocycles. The molecule has 2 N–H and O–H groups in total. The van der Waals surface area contributed by atoms with Gasteiger partial charge in [0.2, 0.25) is 5.84 Å². The zero-order chi connectivity index (χ0) is 26.3. The minimum atomic E-state index is -4.91. The van der Waals surface area contributed by atoms with Gasteiger partial charge in [0.15, 0.2) is 11.3 Å². The number of morpholine rings is 1. The molecule has 1 fully saturated rings. The van der Waals surface area contributed by atoms with Crippen LogP contribution >= 0.6 is 0 Å².